The van der Waals surface area contributed by atoms with Gasteiger partial charge in [-0.1, -0.05) is 0 Å². The van der Waals surface area contributed by atoms with Crippen LogP contribution >= 0.6 is 0 Å². The minimum Gasteiger partial charge on any atom is -0.496 e. The highest BCUT2D eigenvalue weighted by Gasteiger charge is 2.27. The molecule has 0 radical (unpaired) electrons. The van der Waals surface area contributed by atoms with Crippen molar-refractivity contribution in [1.82, 2.24) is 4.90 Å². The maximum atomic E-state index is 12.5. The molecule has 20 heavy (non-hydrogen) atoms. The first-order valence-corrected chi connectivity index (χ1v) is 6.82. The molecule has 1 atom stereocenters. The lowest BCUT2D eigenvalue weighted by atomic mass is 10.1. The number of hydrogen-bond acceptors (Lipinski definition) is 4. The van der Waals surface area contributed by atoms with Gasteiger partial charge in [-0.3, -0.25) is 4.79 Å². The van der Waals surface area contributed by atoms with Crippen molar-refractivity contribution < 1.29 is 14.3 Å². The maximum Gasteiger partial charge on any atom is 0.254 e. The molecule has 2 rings (SSSR count). The Balaban J connectivity index is 2.26. The van der Waals surface area contributed by atoms with Gasteiger partial charge in [0.1, 0.15) is 11.5 Å². The number of nitrogens with zero attached hydrogens (tertiary/aromatic N) is 1. The van der Waals surface area contributed by atoms with E-state index in [1.807, 2.05) is 11.8 Å². The van der Waals surface area contributed by atoms with Crippen molar-refractivity contribution in [3.63, 3.8) is 0 Å². The Morgan fingerprint density at radius 1 is 1.35 bits per heavy atom. The number of rotatable bonds is 4. The van der Waals surface area contributed by atoms with Crippen molar-refractivity contribution in [1.29, 1.82) is 0 Å². The van der Waals surface area contributed by atoms with E-state index < -0.39 is 0 Å². The summed E-state index contributed by atoms with van der Waals surface area (Å²) >= 11 is 0. The Hall–Kier alpha value is -1.75. The zero-order valence-corrected chi connectivity index (χ0v) is 12.3. The van der Waals surface area contributed by atoms with Gasteiger partial charge >= 0.3 is 0 Å². The summed E-state index contributed by atoms with van der Waals surface area (Å²) in [6, 6.07) is 3.55. The number of amides is 1. The fourth-order valence-corrected chi connectivity index (χ4v) is 2.60. The third-order valence-electron chi connectivity index (χ3n) is 3.91. The van der Waals surface area contributed by atoms with E-state index in [2.05, 4.69) is 0 Å². The van der Waals surface area contributed by atoms with Gasteiger partial charge in [0.15, 0.2) is 0 Å². The van der Waals surface area contributed by atoms with Crippen LogP contribution in [0, 0.1) is 12.8 Å². The summed E-state index contributed by atoms with van der Waals surface area (Å²) in [6.45, 7) is 4.03. The SMILES string of the molecule is COc1cc(C(=O)N2CCC(CN)C2)cc(OC)c1C. The fourth-order valence-electron chi connectivity index (χ4n) is 2.60. The topological polar surface area (TPSA) is 64.8 Å². The fraction of sp³-hybridized carbons (Fsp3) is 0.533. The lowest BCUT2D eigenvalue weighted by Crippen LogP contribution is -2.29. The zero-order valence-electron chi connectivity index (χ0n) is 12.3. The molecule has 0 bridgehead atoms. The highest BCUT2D eigenvalue weighted by Crippen LogP contribution is 2.30. The number of methoxy groups -OCH3 is 2. The number of carbonyl (C=O) groups excluding carboxylic acids is 1. The van der Waals surface area contributed by atoms with Crippen molar-refractivity contribution in [2.24, 2.45) is 11.7 Å². The summed E-state index contributed by atoms with van der Waals surface area (Å²) in [5.74, 6) is 1.76. The molecule has 1 unspecified atom stereocenters. The number of nitrogens with two attached hydrogens (primary N) is 1. The standard InChI is InChI=1S/C15H22N2O3/c1-10-13(19-2)6-12(7-14(10)20-3)15(18)17-5-4-11(8-16)9-17/h6-7,11H,4-5,8-9,16H2,1-3H3. The van der Waals surface area contributed by atoms with Crippen molar-refractivity contribution in [2.45, 2.75) is 13.3 Å². The molecule has 1 fully saturated rings. The minimum absolute atomic E-state index is 0.0116. The van der Waals surface area contributed by atoms with Gasteiger partial charge in [-0.25, -0.2) is 0 Å². The van der Waals surface area contributed by atoms with Crippen LogP contribution in [0.4, 0.5) is 0 Å². The molecule has 0 saturated carbocycles. The lowest BCUT2D eigenvalue weighted by Gasteiger charge is -2.18. The van der Waals surface area contributed by atoms with E-state index in [-0.39, 0.29) is 5.91 Å². The highest BCUT2D eigenvalue weighted by molar-refractivity contribution is 5.95. The summed E-state index contributed by atoms with van der Waals surface area (Å²) in [7, 11) is 3.19. The Labute approximate surface area is 119 Å². The number of likely N-dealkylation sites (tertiary alicyclic amines) is 1. The largest absolute Gasteiger partial charge is 0.496 e. The number of benzene rings is 1. The van der Waals surface area contributed by atoms with Gasteiger partial charge < -0.3 is 20.1 Å². The first kappa shape index (κ1) is 14.7. The quantitative estimate of drug-likeness (QED) is 0.905. The normalized spacial score (nSPS) is 18.2. The molecule has 1 heterocycles. The van der Waals surface area contributed by atoms with E-state index in [4.69, 9.17) is 15.2 Å². The molecule has 1 aromatic carbocycles. The molecule has 1 aliphatic rings. The molecule has 1 aliphatic heterocycles. The smallest absolute Gasteiger partial charge is 0.254 e. The maximum absolute atomic E-state index is 12.5. The average Bonchev–Trinajstić information content (AvgIpc) is 2.95. The lowest BCUT2D eigenvalue weighted by molar-refractivity contribution is 0.0787. The Morgan fingerprint density at radius 3 is 2.40 bits per heavy atom. The van der Waals surface area contributed by atoms with Crippen LogP contribution in [0.1, 0.15) is 22.3 Å². The zero-order chi connectivity index (χ0) is 14.7. The van der Waals surface area contributed by atoms with Crippen molar-refractivity contribution in [3.05, 3.63) is 23.3 Å². The predicted molar refractivity (Wildman–Crippen MR) is 77.3 cm³/mol. The second kappa shape index (κ2) is 6.13. The summed E-state index contributed by atoms with van der Waals surface area (Å²) in [4.78, 5) is 14.4. The predicted octanol–water partition coefficient (Wildman–Crippen LogP) is 1.43. The van der Waals surface area contributed by atoms with Crippen LogP contribution in [0.3, 0.4) is 0 Å². The molecular formula is C15H22N2O3. The van der Waals surface area contributed by atoms with Gasteiger partial charge in [0.25, 0.3) is 5.91 Å². The number of carbonyl (C=O) groups is 1. The van der Waals surface area contributed by atoms with E-state index in [9.17, 15) is 4.79 Å². The molecule has 0 aromatic heterocycles. The van der Waals surface area contributed by atoms with Crippen LogP contribution in [-0.4, -0.2) is 44.7 Å². The molecule has 1 amide bonds. The molecule has 0 spiro atoms. The van der Waals surface area contributed by atoms with Gasteiger partial charge in [0.05, 0.1) is 14.2 Å². The van der Waals surface area contributed by atoms with Gasteiger partial charge in [-0.2, -0.15) is 0 Å². The van der Waals surface area contributed by atoms with Crippen LogP contribution in [0.2, 0.25) is 0 Å². The molecule has 1 aromatic rings. The molecule has 1 saturated heterocycles. The Morgan fingerprint density at radius 2 is 1.95 bits per heavy atom. The van der Waals surface area contributed by atoms with E-state index in [1.54, 1.807) is 26.4 Å². The van der Waals surface area contributed by atoms with Gasteiger partial charge in [-0.15, -0.1) is 0 Å². The average molecular weight is 278 g/mol. The van der Waals surface area contributed by atoms with Crippen LogP contribution < -0.4 is 15.2 Å². The molecule has 5 nitrogen and oxygen atoms in total. The van der Waals surface area contributed by atoms with Gasteiger partial charge in [0.2, 0.25) is 0 Å². The summed E-state index contributed by atoms with van der Waals surface area (Å²) in [5.41, 5.74) is 7.16. The highest BCUT2D eigenvalue weighted by atomic mass is 16.5. The second-order valence-electron chi connectivity index (χ2n) is 5.15. The molecule has 2 N–H and O–H groups in total. The number of hydrogen-bond donors (Lipinski definition) is 1. The molecule has 0 aliphatic carbocycles. The van der Waals surface area contributed by atoms with Crippen molar-refractivity contribution in [2.75, 3.05) is 33.9 Å². The first-order valence-electron chi connectivity index (χ1n) is 6.82. The molecular weight excluding hydrogens is 256 g/mol. The van der Waals surface area contributed by atoms with Crippen LogP contribution in [0.5, 0.6) is 11.5 Å². The van der Waals surface area contributed by atoms with E-state index in [0.29, 0.717) is 29.5 Å². The first-order chi connectivity index (χ1) is 9.60. The third-order valence-corrected chi connectivity index (χ3v) is 3.91. The van der Waals surface area contributed by atoms with Crippen LogP contribution in [-0.2, 0) is 0 Å². The van der Waals surface area contributed by atoms with E-state index in [1.165, 1.54) is 0 Å². The summed E-state index contributed by atoms with van der Waals surface area (Å²) < 4.78 is 10.6. The van der Waals surface area contributed by atoms with Gasteiger partial charge in [0, 0.05) is 24.2 Å². The Kier molecular flexibility index (Phi) is 4.49. The van der Waals surface area contributed by atoms with Crippen molar-refractivity contribution >= 4 is 5.91 Å². The van der Waals surface area contributed by atoms with Gasteiger partial charge in [-0.05, 0) is 37.9 Å². The Bertz CT molecular complexity index is 477. The van der Waals surface area contributed by atoms with E-state index in [0.717, 1.165) is 25.1 Å². The van der Waals surface area contributed by atoms with E-state index >= 15 is 0 Å². The summed E-state index contributed by atoms with van der Waals surface area (Å²) in [6.07, 6.45) is 0.975. The molecule has 110 valence electrons. The monoisotopic (exact) mass is 278 g/mol. The third kappa shape index (κ3) is 2.72. The van der Waals surface area contributed by atoms with Crippen molar-refractivity contribution in [3.8, 4) is 11.5 Å². The number of ether oxygens (including phenoxy) is 2. The second-order valence-corrected chi connectivity index (χ2v) is 5.15. The minimum atomic E-state index is 0.0116. The van der Waals surface area contributed by atoms with Crippen LogP contribution in [0.15, 0.2) is 12.1 Å². The molecule has 5 heteroatoms. The van der Waals surface area contributed by atoms with Crippen LogP contribution in [0.25, 0.3) is 0 Å². The summed E-state index contributed by atoms with van der Waals surface area (Å²) in [5, 5.41) is 0.